The van der Waals surface area contributed by atoms with Gasteiger partial charge in [0.2, 0.25) is 11.8 Å². The molecule has 6 rings (SSSR count). The van der Waals surface area contributed by atoms with Crippen molar-refractivity contribution in [2.24, 2.45) is 0 Å². The molecule has 15 heteroatoms. The summed E-state index contributed by atoms with van der Waals surface area (Å²) in [4.78, 5) is 30.0. The largest absolute Gasteiger partial charge is 0.367 e. The highest BCUT2D eigenvalue weighted by Gasteiger charge is 2.18. The van der Waals surface area contributed by atoms with E-state index in [0.29, 0.717) is 32.5 Å². The van der Waals surface area contributed by atoms with Crippen LogP contribution in [-0.2, 0) is 9.59 Å². The van der Waals surface area contributed by atoms with E-state index in [1.54, 1.807) is 42.1 Å². The molecular weight excluding hydrogens is 720 g/mol. The molecule has 2 aliphatic rings. The predicted octanol–water partition coefficient (Wildman–Crippen LogP) is 7.06. The molecule has 0 aliphatic carbocycles. The molecule has 2 amide bonds. The van der Waals surface area contributed by atoms with Gasteiger partial charge in [-0.25, -0.2) is 9.36 Å². The van der Waals surface area contributed by atoms with Crippen LogP contribution in [0.5, 0.6) is 0 Å². The number of nitrogens with zero attached hydrogens (tertiary/aromatic N) is 7. The van der Waals surface area contributed by atoms with Crippen LogP contribution >= 0.6 is 46.4 Å². The highest BCUT2D eigenvalue weighted by Crippen LogP contribution is 2.26. The average Bonchev–Trinajstić information content (AvgIpc) is 3.62. The van der Waals surface area contributed by atoms with E-state index < -0.39 is 0 Å². The van der Waals surface area contributed by atoms with E-state index in [2.05, 4.69) is 30.6 Å². The number of hydrogen-bond acceptors (Lipinski definition) is 7. The smallest absolute Gasteiger partial charge is 0.239 e. The third kappa shape index (κ3) is 10.8. The van der Waals surface area contributed by atoms with Crippen molar-refractivity contribution in [3.05, 3.63) is 80.5 Å². The van der Waals surface area contributed by atoms with Gasteiger partial charge >= 0.3 is 0 Å². The molecule has 4 heterocycles. The summed E-state index contributed by atoms with van der Waals surface area (Å²) in [6.45, 7) is 11.2. The Hall–Kier alpha value is -3.32. The Bertz CT molecular complexity index is 1750. The minimum Gasteiger partial charge on any atom is -0.367 e. The minimum atomic E-state index is -0.0312. The van der Waals surface area contributed by atoms with Crippen LogP contribution in [0.3, 0.4) is 0 Å². The molecule has 2 aliphatic heterocycles. The lowest BCUT2D eigenvalue weighted by molar-refractivity contribution is -0.130. The Balaban J connectivity index is 0.000000195. The van der Waals surface area contributed by atoms with Gasteiger partial charge in [0.25, 0.3) is 0 Å². The van der Waals surface area contributed by atoms with Crippen molar-refractivity contribution in [2.45, 2.75) is 39.5 Å². The molecule has 0 bridgehead atoms. The maximum atomic E-state index is 12.2. The van der Waals surface area contributed by atoms with E-state index in [9.17, 15) is 9.59 Å². The van der Waals surface area contributed by atoms with Crippen molar-refractivity contribution in [3.63, 3.8) is 0 Å². The number of benzene rings is 2. The molecule has 2 fully saturated rings. The van der Waals surface area contributed by atoms with Gasteiger partial charge in [-0.3, -0.25) is 19.4 Å². The van der Waals surface area contributed by atoms with Crippen LogP contribution in [-0.4, -0.2) is 105 Å². The van der Waals surface area contributed by atoms with Gasteiger partial charge in [-0.15, -0.1) is 0 Å². The number of nitrogens with one attached hydrogen (secondary N) is 2. The highest BCUT2D eigenvalue weighted by molar-refractivity contribution is 6.42. The molecule has 0 spiro atoms. The minimum absolute atomic E-state index is 0.0312. The predicted molar refractivity (Wildman–Crippen MR) is 203 cm³/mol. The first kappa shape index (κ1) is 37.9. The number of amides is 2. The second kappa shape index (κ2) is 18.3. The fourth-order valence-electron chi connectivity index (χ4n) is 5.91. The first-order chi connectivity index (χ1) is 24.0. The zero-order valence-electron chi connectivity index (χ0n) is 28.3. The molecule has 2 saturated heterocycles. The topological polar surface area (TPSA) is 104 Å². The molecule has 268 valence electrons. The van der Waals surface area contributed by atoms with Crippen LogP contribution in [0.25, 0.3) is 11.4 Å². The monoisotopic (exact) mass is 761 g/mol. The molecule has 0 unspecified atom stereocenters. The van der Waals surface area contributed by atoms with Gasteiger partial charge < -0.3 is 15.5 Å². The number of rotatable bonds is 9. The number of aryl methyl sites for hydroxylation is 1. The standard InChI is InChI=1S/C18H23Cl2N5O.C17H20Cl2N4O/c1-13-11-18(22-25(13)15-3-4-16(19)17(20)12-15)21-5-6-23-7-9-24(10-8-23)14(2)26;18-14-6-5-13(11-15(14)19)23-10-7-16(21-23)20-17(24)12-22-8-3-1-2-4-9-22/h3-4,11-12H,5-10H2,1-2H3,(H,21,22);5-7,10-11H,1-4,8-9,12H2,(H,20,21,24). The zero-order valence-corrected chi connectivity index (χ0v) is 31.4. The Kier molecular flexibility index (Phi) is 13.8. The number of carbonyl (C=O) groups excluding carboxylic acids is 2. The Morgan fingerprint density at radius 2 is 1.36 bits per heavy atom. The number of carbonyl (C=O) groups is 2. The molecular formula is C35H43Cl4N9O2. The van der Waals surface area contributed by atoms with Gasteiger partial charge in [-0.1, -0.05) is 59.2 Å². The summed E-state index contributed by atoms with van der Waals surface area (Å²) < 4.78 is 3.50. The van der Waals surface area contributed by atoms with Crippen LogP contribution in [0.2, 0.25) is 20.1 Å². The molecule has 11 nitrogen and oxygen atoms in total. The summed E-state index contributed by atoms with van der Waals surface area (Å²) in [7, 11) is 0. The number of likely N-dealkylation sites (tertiary alicyclic amines) is 1. The van der Waals surface area contributed by atoms with Crippen LogP contribution in [0.4, 0.5) is 11.6 Å². The van der Waals surface area contributed by atoms with Gasteiger partial charge in [0.1, 0.15) is 5.82 Å². The van der Waals surface area contributed by atoms with Crippen molar-refractivity contribution in [2.75, 3.05) is 69.5 Å². The van der Waals surface area contributed by atoms with E-state index in [1.807, 2.05) is 40.8 Å². The zero-order chi connectivity index (χ0) is 35.6. The molecule has 50 heavy (non-hydrogen) atoms. The van der Waals surface area contributed by atoms with Crippen LogP contribution in [0.15, 0.2) is 54.7 Å². The van der Waals surface area contributed by atoms with E-state index in [0.717, 1.165) is 75.2 Å². The SMILES string of the molecule is CC(=O)N1CCN(CCNc2cc(C)n(-c3ccc(Cl)c(Cl)c3)n2)CC1.O=C(CN1CCCCCC1)Nc1ccn(-c2ccc(Cl)c(Cl)c2)n1. The quantitative estimate of drug-likeness (QED) is 0.188. The fraction of sp³-hybridized carbons (Fsp3) is 0.429. The molecule has 2 N–H and O–H groups in total. The summed E-state index contributed by atoms with van der Waals surface area (Å²) in [5.74, 6) is 1.49. The van der Waals surface area contributed by atoms with Gasteiger partial charge in [-0.05, 0) is 69.3 Å². The van der Waals surface area contributed by atoms with Crippen molar-refractivity contribution in [3.8, 4) is 11.4 Å². The molecule has 0 saturated carbocycles. The van der Waals surface area contributed by atoms with E-state index in [4.69, 9.17) is 46.4 Å². The first-order valence-electron chi connectivity index (χ1n) is 16.8. The van der Waals surface area contributed by atoms with Crippen molar-refractivity contribution < 1.29 is 9.59 Å². The molecule has 2 aromatic heterocycles. The average molecular weight is 764 g/mol. The van der Waals surface area contributed by atoms with Gasteiger partial charge in [0, 0.05) is 70.2 Å². The third-order valence-corrected chi connectivity index (χ3v) is 10.2. The van der Waals surface area contributed by atoms with Gasteiger partial charge in [0.15, 0.2) is 5.82 Å². The molecule has 4 aromatic rings. The Morgan fingerprint density at radius 1 is 0.720 bits per heavy atom. The number of aromatic nitrogens is 4. The number of halogens is 4. The molecule has 0 atom stereocenters. The highest BCUT2D eigenvalue weighted by atomic mass is 35.5. The van der Waals surface area contributed by atoms with E-state index >= 15 is 0 Å². The third-order valence-electron chi connectivity index (χ3n) is 8.68. The van der Waals surface area contributed by atoms with Crippen molar-refractivity contribution in [1.82, 2.24) is 34.3 Å². The lowest BCUT2D eigenvalue weighted by atomic mass is 10.2. The maximum absolute atomic E-state index is 12.2. The van der Waals surface area contributed by atoms with E-state index in [-0.39, 0.29) is 11.8 Å². The molecule has 0 radical (unpaired) electrons. The Labute approximate surface area is 313 Å². The van der Waals surface area contributed by atoms with Gasteiger partial charge in [-0.2, -0.15) is 10.2 Å². The van der Waals surface area contributed by atoms with Crippen LogP contribution < -0.4 is 10.6 Å². The summed E-state index contributed by atoms with van der Waals surface area (Å²) in [5, 5.41) is 17.2. The lowest BCUT2D eigenvalue weighted by Crippen LogP contribution is -2.49. The fourth-order valence-corrected chi connectivity index (χ4v) is 6.49. The summed E-state index contributed by atoms with van der Waals surface area (Å²) in [5.41, 5.74) is 2.68. The van der Waals surface area contributed by atoms with Crippen molar-refractivity contribution in [1.29, 1.82) is 0 Å². The number of hydrogen-bond donors (Lipinski definition) is 2. The number of anilines is 2. The number of piperazine rings is 1. The second-order valence-corrected chi connectivity index (χ2v) is 14.1. The lowest BCUT2D eigenvalue weighted by Gasteiger charge is -2.34. The summed E-state index contributed by atoms with van der Waals surface area (Å²) in [6.07, 6.45) is 6.62. The Morgan fingerprint density at radius 3 is 2.00 bits per heavy atom. The second-order valence-electron chi connectivity index (χ2n) is 12.4. The van der Waals surface area contributed by atoms with Gasteiger partial charge in [0.05, 0.1) is 38.0 Å². The van der Waals surface area contributed by atoms with Crippen LogP contribution in [0.1, 0.15) is 38.3 Å². The van der Waals surface area contributed by atoms with E-state index in [1.165, 1.54) is 25.7 Å². The molecule has 2 aromatic carbocycles. The first-order valence-corrected chi connectivity index (χ1v) is 18.3. The summed E-state index contributed by atoms with van der Waals surface area (Å²) in [6, 6.07) is 14.5. The maximum Gasteiger partial charge on any atom is 0.239 e. The van der Waals surface area contributed by atoms with Crippen LogP contribution in [0, 0.1) is 6.92 Å². The van der Waals surface area contributed by atoms with Crippen molar-refractivity contribution >= 4 is 69.9 Å². The summed E-state index contributed by atoms with van der Waals surface area (Å²) >= 11 is 24.0. The normalized spacial score (nSPS) is 15.6.